The van der Waals surface area contributed by atoms with E-state index < -0.39 is 0 Å². The van der Waals surface area contributed by atoms with Crippen LogP contribution in [0.5, 0.6) is 0 Å². The van der Waals surface area contributed by atoms with Crippen LogP contribution in [0.25, 0.3) is 0 Å². The number of thiophene rings is 1. The number of guanidine groups is 1. The number of hydrogen-bond acceptors (Lipinski definition) is 4. The van der Waals surface area contributed by atoms with Gasteiger partial charge in [0, 0.05) is 18.5 Å². The fourth-order valence-corrected chi connectivity index (χ4v) is 3.64. The Balaban J connectivity index is 0.00000341. The number of halogens is 1. The second kappa shape index (κ2) is 11.6. The molecule has 2 aromatic heterocycles. The monoisotopic (exact) mass is 552 g/mol. The molecular formula is C23H33IN6S. The predicted molar refractivity (Wildman–Crippen MR) is 140 cm³/mol. The van der Waals surface area contributed by atoms with Crippen molar-refractivity contribution in [2.75, 3.05) is 6.54 Å². The summed E-state index contributed by atoms with van der Waals surface area (Å²) in [6.45, 7) is 10.7. The number of nitrogens with zero attached hydrogens (tertiary/aromatic N) is 4. The number of benzene rings is 1. The Morgan fingerprint density at radius 3 is 2.42 bits per heavy atom. The molecule has 0 spiro atoms. The Kier molecular flexibility index (Phi) is 9.49. The Bertz CT molecular complexity index is 955. The molecular weight excluding hydrogens is 519 g/mol. The van der Waals surface area contributed by atoms with Gasteiger partial charge in [-0.2, -0.15) is 0 Å². The second-order valence-electron chi connectivity index (χ2n) is 8.44. The molecule has 0 aliphatic heterocycles. The zero-order chi connectivity index (χ0) is 21.6. The van der Waals surface area contributed by atoms with Gasteiger partial charge in [-0.25, -0.2) is 4.99 Å². The summed E-state index contributed by atoms with van der Waals surface area (Å²) in [6.07, 6.45) is 0.938. The Morgan fingerprint density at radius 2 is 1.84 bits per heavy atom. The average molecular weight is 553 g/mol. The molecule has 8 heteroatoms. The van der Waals surface area contributed by atoms with Crippen molar-refractivity contribution >= 4 is 41.3 Å². The summed E-state index contributed by atoms with van der Waals surface area (Å²) in [6, 6.07) is 13.1. The third-order valence-corrected chi connectivity index (χ3v) is 5.97. The first-order valence-electron chi connectivity index (χ1n) is 10.3. The quantitative estimate of drug-likeness (QED) is 0.256. The Labute approximate surface area is 206 Å². The zero-order valence-electron chi connectivity index (χ0n) is 19.0. The first-order chi connectivity index (χ1) is 14.3. The first kappa shape index (κ1) is 25.3. The highest BCUT2D eigenvalue weighted by Gasteiger charge is 2.12. The van der Waals surface area contributed by atoms with E-state index in [2.05, 4.69) is 83.4 Å². The van der Waals surface area contributed by atoms with Gasteiger partial charge in [-0.3, -0.25) is 0 Å². The molecule has 2 heterocycles. The minimum atomic E-state index is 0. The average Bonchev–Trinajstić information content (AvgIpc) is 3.34. The summed E-state index contributed by atoms with van der Waals surface area (Å²) in [5.41, 5.74) is 2.86. The molecule has 168 valence electrons. The highest BCUT2D eigenvalue weighted by Crippen LogP contribution is 2.22. The van der Waals surface area contributed by atoms with Gasteiger partial charge in [0.2, 0.25) is 0 Å². The summed E-state index contributed by atoms with van der Waals surface area (Å²) in [5.74, 6) is 2.53. The van der Waals surface area contributed by atoms with Crippen molar-refractivity contribution in [2.45, 2.75) is 52.6 Å². The van der Waals surface area contributed by atoms with Gasteiger partial charge in [0.15, 0.2) is 11.8 Å². The van der Waals surface area contributed by atoms with Crippen LogP contribution in [0.3, 0.4) is 0 Å². The van der Waals surface area contributed by atoms with E-state index >= 15 is 0 Å². The zero-order valence-corrected chi connectivity index (χ0v) is 22.1. The largest absolute Gasteiger partial charge is 0.356 e. The maximum absolute atomic E-state index is 4.72. The summed E-state index contributed by atoms with van der Waals surface area (Å²) < 4.78 is 1.97. The maximum atomic E-state index is 4.72. The summed E-state index contributed by atoms with van der Waals surface area (Å²) in [5, 5.41) is 17.3. The molecule has 0 aliphatic rings. The number of aliphatic imine (C=N–C) groups is 1. The standard InChI is InChI=1S/C23H32N6S.HI/c1-17-27-28-21(29(17)5)16-26-22(25-15-20-7-6-14-30-20)24-13-12-18-8-10-19(11-9-18)23(2,3)4;/h6-11,14H,12-13,15-16H2,1-5H3,(H2,24,25,26);1H. The van der Waals surface area contributed by atoms with Gasteiger partial charge < -0.3 is 15.2 Å². The Morgan fingerprint density at radius 1 is 1.10 bits per heavy atom. The van der Waals surface area contributed by atoms with Gasteiger partial charge in [0.25, 0.3) is 0 Å². The molecule has 3 rings (SSSR count). The topological polar surface area (TPSA) is 67.1 Å². The lowest BCUT2D eigenvalue weighted by Gasteiger charge is -2.19. The lowest BCUT2D eigenvalue weighted by molar-refractivity contribution is 0.590. The lowest BCUT2D eigenvalue weighted by Crippen LogP contribution is -2.38. The van der Waals surface area contributed by atoms with Gasteiger partial charge in [0.1, 0.15) is 12.4 Å². The predicted octanol–water partition coefficient (Wildman–Crippen LogP) is 4.58. The van der Waals surface area contributed by atoms with Crippen molar-refractivity contribution in [2.24, 2.45) is 12.0 Å². The summed E-state index contributed by atoms with van der Waals surface area (Å²) in [4.78, 5) is 6.00. The SMILES string of the molecule is Cc1nnc(CN=C(NCCc2ccc(C(C)(C)C)cc2)NCc2cccs2)n1C.I. The van der Waals surface area contributed by atoms with Crippen molar-refractivity contribution in [3.63, 3.8) is 0 Å². The normalized spacial score (nSPS) is 11.8. The third kappa shape index (κ3) is 7.60. The molecule has 0 atom stereocenters. The smallest absolute Gasteiger partial charge is 0.192 e. The molecule has 1 aromatic carbocycles. The number of rotatable bonds is 7. The maximum Gasteiger partial charge on any atom is 0.192 e. The molecule has 0 bridgehead atoms. The van der Waals surface area contributed by atoms with Crippen molar-refractivity contribution in [1.82, 2.24) is 25.4 Å². The summed E-state index contributed by atoms with van der Waals surface area (Å²) in [7, 11) is 1.97. The van der Waals surface area contributed by atoms with Crippen LogP contribution >= 0.6 is 35.3 Å². The van der Waals surface area contributed by atoms with E-state index in [-0.39, 0.29) is 29.4 Å². The molecule has 0 saturated carbocycles. The molecule has 0 fully saturated rings. The number of aromatic nitrogens is 3. The van der Waals surface area contributed by atoms with Crippen LogP contribution in [0, 0.1) is 6.92 Å². The molecule has 3 aromatic rings. The van der Waals surface area contributed by atoms with E-state index in [0.29, 0.717) is 6.54 Å². The number of nitrogens with one attached hydrogen (secondary N) is 2. The molecule has 0 radical (unpaired) electrons. The van der Waals surface area contributed by atoms with Crippen molar-refractivity contribution in [3.05, 3.63) is 69.4 Å². The van der Waals surface area contributed by atoms with Crippen LogP contribution < -0.4 is 10.6 Å². The van der Waals surface area contributed by atoms with Crippen LogP contribution in [-0.4, -0.2) is 27.3 Å². The van der Waals surface area contributed by atoms with Crippen LogP contribution in [0.2, 0.25) is 0 Å². The van der Waals surface area contributed by atoms with Crippen molar-refractivity contribution < 1.29 is 0 Å². The van der Waals surface area contributed by atoms with Gasteiger partial charge in [-0.05, 0) is 41.3 Å². The molecule has 0 saturated heterocycles. The van der Waals surface area contributed by atoms with Crippen LogP contribution in [-0.2, 0) is 32.0 Å². The van der Waals surface area contributed by atoms with E-state index in [1.54, 1.807) is 11.3 Å². The van der Waals surface area contributed by atoms with E-state index in [4.69, 9.17) is 4.99 Å². The molecule has 2 N–H and O–H groups in total. The highest BCUT2D eigenvalue weighted by atomic mass is 127. The number of hydrogen-bond donors (Lipinski definition) is 2. The second-order valence-corrected chi connectivity index (χ2v) is 9.48. The lowest BCUT2D eigenvalue weighted by atomic mass is 9.86. The summed E-state index contributed by atoms with van der Waals surface area (Å²) >= 11 is 1.74. The fourth-order valence-electron chi connectivity index (χ4n) is 2.99. The van der Waals surface area contributed by atoms with Gasteiger partial charge in [-0.1, -0.05) is 51.1 Å². The van der Waals surface area contributed by atoms with Gasteiger partial charge in [-0.15, -0.1) is 45.5 Å². The molecule has 0 aliphatic carbocycles. The van der Waals surface area contributed by atoms with Crippen LogP contribution in [0.1, 0.15) is 48.4 Å². The van der Waals surface area contributed by atoms with Crippen molar-refractivity contribution in [1.29, 1.82) is 0 Å². The van der Waals surface area contributed by atoms with Crippen molar-refractivity contribution in [3.8, 4) is 0 Å². The third-order valence-electron chi connectivity index (χ3n) is 5.10. The van der Waals surface area contributed by atoms with Gasteiger partial charge >= 0.3 is 0 Å². The van der Waals surface area contributed by atoms with Gasteiger partial charge in [0.05, 0.1) is 6.54 Å². The first-order valence-corrected chi connectivity index (χ1v) is 11.2. The minimum Gasteiger partial charge on any atom is -0.356 e. The molecule has 0 amide bonds. The van der Waals surface area contributed by atoms with Crippen LogP contribution in [0.15, 0.2) is 46.8 Å². The number of aryl methyl sites for hydroxylation is 1. The van der Waals surface area contributed by atoms with E-state index in [1.165, 1.54) is 16.0 Å². The van der Waals surface area contributed by atoms with E-state index in [1.807, 2.05) is 18.5 Å². The van der Waals surface area contributed by atoms with E-state index in [0.717, 1.165) is 37.1 Å². The highest BCUT2D eigenvalue weighted by molar-refractivity contribution is 14.0. The van der Waals surface area contributed by atoms with E-state index in [9.17, 15) is 0 Å². The fraction of sp³-hybridized carbons (Fsp3) is 0.435. The molecule has 31 heavy (non-hydrogen) atoms. The molecule has 6 nitrogen and oxygen atoms in total. The Hall–Kier alpha value is -1.94. The van der Waals surface area contributed by atoms with Crippen LogP contribution in [0.4, 0.5) is 0 Å². The minimum absolute atomic E-state index is 0. The molecule has 0 unspecified atom stereocenters.